The van der Waals surface area contributed by atoms with Crippen molar-refractivity contribution in [3.05, 3.63) is 0 Å². The number of ether oxygens (including phenoxy) is 2. The maximum absolute atomic E-state index is 12.6. The number of rotatable bonds is 4. The standard InChI is InChI=1S/C19H28O4/c1-3-10-5-11(4-2)18-14-6-12(17(10)18)7-15(14)19(21)23-13-8-16(20)22-9-13/h10-15,17-18H,3-9H2,1-2H3. The average molecular weight is 320 g/mol. The molecule has 0 aromatic heterocycles. The highest BCUT2D eigenvalue weighted by atomic mass is 16.6. The van der Waals surface area contributed by atoms with Gasteiger partial charge in [-0.25, -0.2) is 0 Å². The lowest BCUT2D eigenvalue weighted by Crippen LogP contribution is -2.36. The lowest BCUT2D eigenvalue weighted by Gasteiger charge is -2.35. The molecular weight excluding hydrogens is 292 g/mol. The third-order valence-electron chi connectivity index (χ3n) is 7.28. The maximum atomic E-state index is 12.6. The summed E-state index contributed by atoms with van der Waals surface area (Å²) in [6.07, 6.45) is 6.02. The van der Waals surface area contributed by atoms with Crippen LogP contribution in [0.15, 0.2) is 0 Å². The Morgan fingerprint density at radius 2 is 1.87 bits per heavy atom. The van der Waals surface area contributed by atoms with Crippen LogP contribution in [-0.2, 0) is 19.1 Å². The fraction of sp³-hybridized carbons (Fsp3) is 0.895. The number of hydrogen-bond donors (Lipinski definition) is 0. The monoisotopic (exact) mass is 320 g/mol. The third-order valence-corrected chi connectivity index (χ3v) is 7.28. The van der Waals surface area contributed by atoms with Gasteiger partial charge in [-0.1, -0.05) is 26.7 Å². The Bertz CT molecular complexity index is 502. The summed E-state index contributed by atoms with van der Waals surface area (Å²) in [6.45, 7) is 4.88. The Morgan fingerprint density at radius 1 is 1.13 bits per heavy atom. The summed E-state index contributed by atoms with van der Waals surface area (Å²) in [7, 11) is 0. The summed E-state index contributed by atoms with van der Waals surface area (Å²) in [5.41, 5.74) is 0. The van der Waals surface area contributed by atoms with Crippen LogP contribution in [0.5, 0.6) is 0 Å². The second-order valence-corrected chi connectivity index (χ2v) is 8.17. The van der Waals surface area contributed by atoms with E-state index < -0.39 is 0 Å². The molecule has 23 heavy (non-hydrogen) atoms. The molecule has 4 rings (SSSR count). The molecule has 1 saturated heterocycles. The highest BCUT2D eigenvalue weighted by Gasteiger charge is 2.61. The second-order valence-electron chi connectivity index (χ2n) is 8.17. The van der Waals surface area contributed by atoms with E-state index in [9.17, 15) is 9.59 Å². The summed E-state index contributed by atoms with van der Waals surface area (Å²) < 4.78 is 10.5. The summed E-state index contributed by atoms with van der Waals surface area (Å²) in [6, 6.07) is 0. The van der Waals surface area contributed by atoms with E-state index in [-0.39, 0.29) is 37.0 Å². The molecule has 128 valence electrons. The molecule has 0 amide bonds. The van der Waals surface area contributed by atoms with Gasteiger partial charge < -0.3 is 9.47 Å². The van der Waals surface area contributed by atoms with Crippen molar-refractivity contribution in [2.45, 2.75) is 58.5 Å². The molecule has 2 bridgehead atoms. The van der Waals surface area contributed by atoms with Crippen LogP contribution in [0.3, 0.4) is 0 Å². The van der Waals surface area contributed by atoms with Gasteiger partial charge in [-0.05, 0) is 54.8 Å². The minimum Gasteiger partial charge on any atom is -0.462 e. The van der Waals surface area contributed by atoms with Gasteiger partial charge in [0.15, 0.2) is 0 Å². The zero-order chi connectivity index (χ0) is 16.1. The molecule has 1 heterocycles. The molecule has 8 atom stereocenters. The molecule has 0 N–H and O–H groups in total. The van der Waals surface area contributed by atoms with Crippen molar-refractivity contribution in [1.29, 1.82) is 0 Å². The molecule has 3 saturated carbocycles. The molecule has 4 heteroatoms. The molecule has 1 aliphatic heterocycles. The van der Waals surface area contributed by atoms with E-state index in [1.807, 2.05) is 0 Å². The number of carbonyl (C=O) groups excluding carboxylic acids is 2. The van der Waals surface area contributed by atoms with Crippen LogP contribution in [0.1, 0.15) is 52.4 Å². The molecule has 4 aliphatic rings. The van der Waals surface area contributed by atoms with Crippen LogP contribution in [-0.4, -0.2) is 24.6 Å². The van der Waals surface area contributed by atoms with Crippen LogP contribution < -0.4 is 0 Å². The molecule has 4 nitrogen and oxygen atoms in total. The molecule has 8 unspecified atom stereocenters. The first-order valence-corrected chi connectivity index (χ1v) is 9.48. The quantitative estimate of drug-likeness (QED) is 0.747. The number of carbonyl (C=O) groups is 2. The third kappa shape index (κ3) is 2.40. The zero-order valence-corrected chi connectivity index (χ0v) is 14.2. The van der Waals surface area contributed by atoms with Gasteiger partial charge in [0.2, 0.25) is 0 Å². The van der Waals surface area contributed by atoms with Gasteiger partial charge in [0.1, 0.15) is 12.7 Å². The van der Waals surface area contributed by atoms with Crippen molar-refractivity contribution in [2.75, 3.05) is 6.61 Å². The molecule has 4 fully saturated rings. The van der Waals surface area contributed by atoms with E-state index in [2.05, 4.69) is 13.8 Å². The lowest BCUT2D eigenvalue weighted by atomic mass is 9.70. The largest absolute Gasteiger partial charge is 0.462 e. The van der Waals surface area contributed by atoms with Gasteiger partial charge in [-0.15, -0.1) is 0 Å². The van der Waals surface area contributed by atoms with Crippen molar-refractivity contribution >= 4 is 11.9 Å². The fourth-order valence-corrected chi connectivity index (χ4v) is 6.48. The van der Waals surface area contributed by atoms with Gasteiger partial charge >= 0.3 is 11.9 Å². The van der Waals surface area contributed by atoms with Crippen molar-refractivity contribution < 1.29 is 19.1 Å². The SMILES string of the molecule is CCC1CC(CC)C2C3CC(CC3C(=O)OC3COC(=O)C3)C12. The summed E-state index contributed by atoms with van der Waals surface area (Å²) in [5, 5.41) is 0. The first-order chi connectivity index (χ1) is 11.1. The van der Waals surface area contributed by atoms with E-state index in [1.165, 1.54) is 25.7 Å². The number of hydrogen-bond acceptors (Lipinski definition) is 4. The minimum absolute atomic E-state index is 0.0611. The summed E-state index contributed by atoms with van der Waals surface area (Å²) >= 11 is 0. The fourth-order valence-electron chi connectivity index (χ4n) is 6.48. The Hall–Kier alpha value is -1.06. The predicted octanol–water partition coefficient (Wildman–Crippen LogP) is 3.19. The van der Waals surface area contributed by atoms with Gasteiger partial charge in [0.25, 0.3) is 0 Å². The van der Waals surface area contributed by atoms with Crippen LogP contribution in [0.4, 0.5) is 0 Å². The first-order valence-electron chi connectivity index (χ1n) is 9.48. The minimum atomic E-state index is -0.348. The second kappa shape index (κ2) is 5.78. The van der Waals surface area contributed by atoms with E-state index in [1.54, 1.807) is 0 Å². The van der Waals surface area contributed by atoms with Crippen LogP contribution in [0, 0.1) is 41.4 Å². The number of esters is 2. The van der Waals surface area contributed by atoms with E-state index in [0.29, 0.717) is 5.92 Å². The lowest BCUT2D eigenvalue weighted by molar-refractivity contribution is -0.157. The molecule has 0 radical (unpaired) electrons. The number of cyclic esters (lactones) is 1. The Kier molecular flexibility index (Phi) is 3.89. The van der Waals surface area contributed by atoms with Crippen molar-refractivity contribution in [1.82, 2.24) is 0 Å². The first kappa shape index (κ1) is 15.5. The molecular formula is C19H28O4. The Morgan fingerprint density at radius 3 is 2.52 bits per heavy atom. The van der Waals surface area contributed by atoms with Gasteiger partial charge in [0.05, 0.1) is 12.3 Å². The summed E-state index contributed by atoms with van der Waals surface area (Å²) in [4.78, 5) is 23.8. The summed E-state index contributed by atoms with van der Waals surface area (Å²) in [5.74, 6) is 4.28. The van der Waals surface area contributed by atoms with Crippen molar-refractivity contribution in [2.24, 2.45) is 41.4 Å². The predicted molar refractivity (Wildman–Crippen MR) is 84.3 cm³/mol. The highest BCUT2D eigenvalue weighted by molar-refractivity contribution is 5.76. The van der Waals surface area contributed by atoms with E-state index >= 15 is 0 Å². The maximum Gasteiger partial charge on any atom is 0.309 e. The van der Waals surface area contributed by atoms with Crippen molar-refractivity contribution in [3.8, 4) is 0 Å². The highest BCUT2D eigenvalue weighted by Crippen LogP contribution is 2.65. The normalized spacial score (nSPS) is 47.7. The van der Waals surface area contributed by atoms with Gasteiger partial charge in [-0.2, -0.15) is 0 Å². The molecule has 3 aliphatic carbocycles. The topological polar surface area (TPSA) is 52.6 Å². The van der Waals surface area contributed by atoms with Crippen LogP contribution in [0.2, 0.25) is 0 Å². The van der Waals surface area contributed by atoms with E-state index in [0.717, 1.165) is 36.0 Å². The number of fused-ring (bicyclic) bond motifs is 5. The molecule has 0 spiro atoms. The van der Waals surface area contributed by atoms with Gasteiger partial charge in [0, 0.05) is 0 Å². The van der Waals surface area contributed by atoms with E-state index in [4.69, 9.17) is 9.47 Å². The zero-order valence-electron chi connectivity index (χ0n) is 14.2. The average Bonchev–Trinajstić information content (AvgIpc) is 3.27. The Balaban J connectivity index is 1.45. The van der Waals surface area contributed by atoms with Gasteiger partial charge in [-0.3, -0.25) is 9.59 Å². The Labute approximate surface area is 138 Å². The molecule has 0 aromatic rings. The van der Waals surface area contributed by atoms with Crippen molar-refractivity contribution in [3.63, 3.8) is 0 Å². The van der Waals surface area contributed by atoms with Crippen LogP contribution in [0.25, 0.3) is 0 Å². The van der Waals surface area contributed by atoms with Crippen LogP contribution >= 0.6 is 0 Å². The molecule has 0 aromatic carbocycles. The smallest absolute Gasteiger partial charge is 0.309 e.